The van der Waals surface area contributed by atoms with E-state index in [1.165, 1.54) is 24.3 Å². The highest BCUT2D eigenvalue weighted by atomic mass is 79.9. The fraction of sp³-hybridized carbons (Fsp3) is 0. The highest BCUT2D eigenvalue weighted by Gasteiger charge is 2.25. The molecule has 0 spiro atoms. The summed E-state index contributed by atoms with van der Waals surface area (Å²) in [5.41, 5.74) is -0.587. The first-order valence-corrected chi connectivity index (χ1v) is 7.80. The summed E-state index contributed by atoms with van der Waals surface area (Å²) < 4.78 is 40.0. The molecular formula is C12H8BrFN2O4S. The molecule has 1 N–H and O–H groups in total. The first-order valence-electron chi connectivity index (χ1n) is 5.52. The number of rotatable bonds is 4. The minimum atomic E-state index is -4.19. The Morgan fingerprint density at radius 1 is 1.19 bits per heavy atom. The van der Waals surface area contributed by atoms with Crippen molar-refractivity contribution in [1.82, 2.24) is 0 Å². The van der Waals surface area contributed by atoms with Gasteiger partial charge in [0.25, 0.3) is 15.7 Å². The predicted octanol–water partition coefficient (Wildman–Crippen LogP) is 3.30. The van der Waals surface area contributed by atoms with Crippen LogP contribution in [0.5, 0.6) is 0 Å². The van der Waals surface area contributed by atoms with Crippen LogP contribution in [0.15, 0.2) is 51.8 Å². The van der Waals surface area contributed by atoms with Crippen LogP contribution in [0.1, 0.15) is 0 Å². The summed E-state index contributed by atoms with van der Waals surface area (Å²) in [6, 6.07) is 8.54. The second-order valence-corrected chi connectivity index (χ2v) is 6.46. The molecular weight excluding hydrogens is 367 g/mol. The van der Waals surface area contributed by atoms with Gasteiger partial charge in [-0.3, -0.25) is 14.8 Å². The number of hydrogen-bond acceptors (Lipinski definition) is 4. The van der Waals surface area contributed by atoms with E-state index in [1.807, 2.05) is 0 Å². The third-order valence-corrected chi connectivity index (χ3v) is 4.60. The Bertz CT molecular complexity index is 811. The fourth-order valence-electron chi connectivity index (χ4n) is 1.60. The average molecular weight is 375 g/mol. The van der Waals surface area contributed by atoms with Gasteiger partial charge in [-0.25, -0.2) is 12.8 Å². The Morgan fingerprint density at radius 3 is 2.48 bits per heavy atom. The van der Waals surface area contributed by atoms with E-state index >= 15 is 0 Å². The van der Waals surface area contributed by atoms with Crippen LogP contribution in [-0.2, 0) is 10.0 Å². The van der Waals surface area contributed by atoms with Gasteiger partial charge >= 0.3 is 0 Å². The van der Waals surface area contributed by atoms with Crippen molar-refractivity contribution in [2.75, 3.05) is 4.72 Å². The van der Waals surface area contributed by atoms with Gasteiger partial charge in [0.15, 0.2) is 4.90 Å². The number of anilines is 1. The van der Waals surface area contributed by atoms with Crippen molar-refractivity contribution in [3.63, 3.8) is 0 Å². The Kier molecular flexibility index (Phi) is 4.24. The van der Waals surface area contributed by atoms with Gasteiger partial charge in [-0.1, -0.05) is 12.1 Å². The van der Waals surface area contributed by atoms with Crippen LogP contribution in [0.25, 0.3) is 0 Å². The third-order valence-electron chi connectivity index (χ3n) is 2.52. The summed E-state index contributed by atoms with van der Waals surface area (Å²) in [6.07, 6.45) is 0. The van der Waals surface area contributed by atoms with Crippen molar-refractivity contribution < 1.29 is 17.7 Å². The van der Waals surface area contributed by atoms with Crippen molar-refractivity contribution in [3.8, 4) is 0 Å². The van der Waals surface area contributed by atoms with E-state index in [1.54, 1.807) is 0 Å². The number of nitro benzene ring substituents is 1. The van der Waals surface area contributed by atoms with E-state index in [0.29, 0.717) is 0 Å². The number of nitro groups is 1. The lowest BCUT2D eigenvalue weighted by atomic mass is 10.3. The molecule has 0 bridgehead atoms. The standard InChI is InChI=1S/C12H8BrFN2O4S/c13-9-6-5-8(7-10(9)14)15-21(19,20)12-4-2-1-3-11(12)16(17)18/h1-7,15H. The molecule has 110 valence electrons. The van der Waals surface area contributed by atoms with Crippen molar-refractivity contribution in [2.24, 2.45) is 0 Å². The van der Waals surface area contributed by atoms with Crippen molar-refractivity contribution in [3.05, 3.63) is 62.9 Å². The first kappa shape index (κ1) is 15.4. The van der Waals surface area contributed by atoms with Gasteiger partial charge in [0.05, 0.1) is 15.1 Å². The molecule has 0 aromatic heterocycles. The van der Waals surface area contributed by atoms with E-state index < -0.39 is 31.3 Å². The van der Waals surface area contributed by atoms with Crippen molar-refractivity contribution in [2.45, 2.75) is 4.90 Å². The molecule has 0 aliphatic rings. The number of hydrogen-bond donors (Lipinski definition) is 1. The maximum Gasteiger partial charge on any atom is 0.289 e. The largest absolute Gasteiger partial charge is 0.289 e. The van der Waals surface area contributed by atoms with Crippen molar-refractivity contribution >= 4 is 37.3 Å². The number of halogens is 2. The molecule has 0 fully saturated rings. The summed E-state index contributed by atoms with van der Waals surface area (Å²) in [5.74, 6) is -0.655. The molecule has 0 saturated carbocycles. The molecule has 0 radical (unpaired) electrons. The average Bonchev–Trinajstić information content (AvgIpc) is 2.42. The van der Waals surface area contributed by atoms with Gasteiger partial charge in [0, 0.05) is 6.07 Å². The maximum absolute atomic E-state index is 13.4. The van der Waals surface area contributed by atoms with Gasteiger partial charge in [0.1, 0.15) is 5.82 Å². The number of para-hydroxylation sites is 1. The quantitative estimate of drug-likeness (QED) is 0.656. The zero-order chi connectivity index (χ0) is 15.6. The summed E-state index contributed by atoms with van der Waals surface area (Å²) in [4.78, 5) is 9.58. The molecule has 0 aliphatic heterocycles. The maximum atomic E-state index is 13.4. The lowest BCUT2D eigenvalue weighted by molar-refractivity contribution is -0.387. The molecule has 0 aliphatic carbocycles. The molecule has 6 nitrogen and oxygen atoms in total. The number of nitrogens with one attached hydrogen (secondary N) is 1. The summed E-state index contributed by atoms with van der Waals surface area (Å²) in [6.45, 7) is 0. The minimum absolute atomic E-state index is 0.0335. The monoisotopic (exact) mass is 374 g/mol. The van der Waals surface area contributed by atoms with Gasteiger partial charge in [0.2, 0.25) is 0 Å². The van der Waals surface area contributed by atoms with Crippen LogP contribution in [0, 0.1) is 15.9 Å². The molecule has 0 saturated heterocycles. The normalized spacial score (nSPS) is 11.1. The third kappa shape index (κ3) is 3.37. The van der Waals surface area contributed by atoms with Crippen molar-refractivity contribution in [1.29, 1.82) is 0 Å². The van der Waals surface area contributed by atoms with Crippen LogP contribution < -0.4 is 4.72 Å². The Labute approximate surface area is 127 Å². The minimum Gasteiger partial charge on any atom is -0.279 e. The molecule has 2 aromatic rings. The Balaban J connectivity index is 2.43. The molecule has 2 aromatic carbocycles. The molecule has 0 atom stereocenters. The van der Waals surface area contributed by atoms with Gasteiger partial charge in [-0.15, -0.1) is 0 Å². The fourth-order valence-corrected chi connectivity index (χ4v) is 3.07. The number of benzene rings is 2. The van der Waals surface area contributed by atoms with Gasteiger partial charge in [-0.05, 0) is 40.2 Å². The lowest BCUT2D eigenvalue weighted by Crippen LogP contribution is -2.14. The van der Waals surface area contributed by atoms with Crippen LogP contribution >= 0.6 is 15.9 Å². The summed E-state index contributed by atoms with van der Waals surface area (Å²) in [5, 5.41) is 10.9. The first-order chi connectivity index (χ1) is 9.81. The molecule has 0 amide bonds. The van der Waals surface area contributed by atoms with E-state index in [9.17, 15) is 22.9 Å². The lowest BCUT2D eigenvalue weighted by Gasteiger charge is -2.08. The van der Waals surface area contributed by atoms with Gasteiger partial charge < -0.3 is 0 Å². The van der Waals surface area contributed by atoms with Gasteiger partial charge in [-0.2, -0.15) is 0 Å². The zero-order valence-electron chi connectivity index (χ0n) is 10.3. The Morgan fingerprint density at radius 2 is 1.86 bits per heavy atom. The second-order valence-electron chi connectivity index (χ2n) is 3.96. The van der Waals surface area contributed by atoms with Crippen LogP contribution in [0.2, 0.25) is 0 Å². The zero-order valence-corrected chi connectivity index (χ0v) is 12.7. The second kappa shape index (κ2) is 5.78. The van der Waals surface area contributed by atoms with E-state index in [-0.39, 0.29) is 10.2 Å². The highest BCUT2D eigenvalue weighted by Crippen LogP contribution is 2.26. The molecule has 9 heteroatoms. The smallest absolute Gasteiger partial charge is 0.279 e. The Hall–Kier alpha value is -2.00. The molecule has 2 rings (SSSR count). The molecule has 21 heavy (non-hydrogen) atoms. The van der Waals surface area contributed by atoms with Crippen LogP contribution in [0.3, 0.4) is 0 Å². The van der Waals surface area contributed by atoms with Crippen LogP contribution in [-0.4, -0.2) is 13.3 Å². The topological polar surface area (TPSA) is 89.3 Å². The SMILES string of the molecule is O=[N+]([O-])c1ccccc1S(=O)(=O)Nc1ccc(Br)c(F)c1. The number of sulfonamides is 1. The predicted molar refractivity (Wildman–Crippen MR) is 78.0 cm³/mol. The van der Waals surface area contributed by atoms with E-state index in [0.717, 1.165) is 18.2 Å². The summed E-state index contributed by atoms with van der Waals surface area (Å²) in [7, 11) is -4.19. The molecule has 0 unspecified atom stereocenters. The summed E-state index contributed by atoms with van der Waals surface area (Å²) >= 11 is 2.94. The van der Waals surface area contributed by atoms with E-state index in [4.69, 9.17) is 0 Å². The molecule has 0 heterocycles. The van der Waals surface area contributed by atoms with E-state index in [2.05, 4.69) is 20.7 Å². The highest BCUT2D eigenvalue weighted by molar-refractivity contribution is 9.10. The van der Waals surface area contributed by atoms with Crippen LogP contribution in [0.4, 0.5) is 15.8 Å². The number of nitrogens with zero attached hydrogens (tertiary/aromatic N) is 1.